The highest BCUT2D eigenvalue weighted by Gasteiger charge is 2.27. The van der Waals surface area contributed by atoms with Gasteiger partial charge in [-0.2, -0.15) is 4.68 Å². The minimum absolute atomic E-state index is 0.0431. The van der Waals surface area contributed by atoms with Gasteiger partial charge in [-0.15, -0.1) is 0 Å². The standard InChI is InChI=1S/C23H27N5O2/c1-15-11-19(16(2)24)21-20(12-15)22(29)28(27-7-9-30-10-8-27)23(25-21)26-13-17-5-3-4-6-18(17)14-26/h3-6,11-12,16H,7-10,13-14,24H2,1-2H3/t16-/m1/s1. The lowest BCUT2D eigenvalue weighted by Gasteiger charge is -2.34. The van der Waals surface area contributed by atoms with Crippen LogP contribution >= 0.6 is 0 Å². The zero-order chi connectivity index (χ0) is 20.8. The second-order valence-electron chi connectivity index (χ2n) is 8.26. The molecule has 3 heterocycles. The zero-order valence-electron chi connectivity index (χ0n) is 17.5. The van der Waals surface area contributed by atoms with Gasteiger partial charge < -0.3 is 20.4 Å². The molecule has 0 bridgehead atoms. The predicted octanol–water partition coefficient (Wildman–Crippen LogP) is 2.21. The summed E-state index contributed by atoms with van der Waals surface area (Å²) in [5, 5.41) is 2.68. The second-order valence-corrected chi connectivity index (χ2v) is 8.26. The fraction of sp³-hybridized carbons (Fsp3) is 0.391. The largest absolute Gasteiger partial charge is 0.378 e. The van der Waals surface area contributed by atoms with Crippen molar-refractivity contribution in [1.82, 2.24) is 9.66 Å². The van der Waals surface area contributed by atoms with Crippen molar-refractivity contribution in [2.45, 2.75) is 33.0 Å². The molecule has 1 saturated heterocycles. The molecule has 2 N–H and O–H groups in total. The van der Waals surface area contributed by atoms with E-state index in [0.29, 0.717) is 43.2 Å². The number of rotatable bonds is 3. The van der Waals surface area contributed by atoms with E-state index < -0.39 is 0 Å². The molecule has 156 valence electrons. The summed E-state index contributed by atoms with van der Waals surface area (Å²) in [5.74, 6) is 0.677. The Kier molecular flexibility index (Phi) is 4.72. The van der Waals surface area contributed by atoms with Crippen molar-refractivity contribution in [2.75, 3.05) is 36.2 Å². The molecule has 7 heteroatoms. The van der Waals surface area contributed by atoms with E-state index in [1.54, 1.807) is 4.68 Å². The highest BCUT2D eigenvalue weighted by Crippen LogP contribution is 2.29. The van der Waals surface area contributed by atoms with Crippen LogP contribution in [0.1, 0.15) is 35.2 Å². The maximum absolute atomic E-state index is 13.8. The van der Waals surface area contributed by atoms with E-state index in [-0.39, 0.29) is 11.6 Å². The molecular weight excluding hydrogens is 378 g/mol. The summed E-state index contributed by atoms with van der Waals surface area (Å²) in [6, 6.07) is 12.2. The Balaban J connectivity index is 1.74. The van der Waals surface area contributed by atoms with Gasteiger partial charge in [0, 0.05) is 19.1 Å². The molecule has 1 atom stereocenters. The number of fused-ring (bicyclic) bond motifs is 2. The maximum atomic E-state index is 13.8. The summed E-state index contributed by atoms with van der Waals surface area (Å²) in [6.07, 6.45) is 0. The molecule has 0 unspecified atom stereocenters. The third-order valence-corrected chi connectivity index (χ3v) is 5.99. The van der Waals surface area contributed by atoms with E-state index in [4.69, 9.17) is 15.5 Å². The highest BCUT2D eigenvalue weighted by molar-refractivity contribution is 5.83. The average Bonchev–Trinajstić information content (AvgIpc) is 3.18. The van der Waals surface area contributed by atoms with Gasteiger partial charge in [0.1, 0.15) is 0 Å². The van der Waals surface area contributed by atoms with Gasteiger partial charge in [0.05, 0.1) is 37.2 Å². The van der Waals surface area contributed by atoms with Gasteiger partial charge in [0.15, 0.2) is 0 Å². The lowest BCUT2D eigenvalue weighted by atomic mass is 10.0. The molecule has 3 aromatic rings. The van der Waals surface area contributed by atoms with Crippen LogP contribution in [-0.2, 0) is 17.8 Å². The monoisotopic (exact) mass is 405 g/mol. The molecule has 0 amide bonds. The summed E-state index contributed by atoms with van der Waals surface area (Å²) in [7, 11) is 0. The van der Waals surface area contributed by atoms with Gasteiger partial charge >= 0.3 is 0 Å². The molecule has 0 spiro atoms. The minimum Gasteiger partial charge on any atom is -0.378 e. The quantitative estimate of drug-likeness (QED) is 0.720. The van der Waals surface area contributed by atoms with Crippen LogP contribution in [0.25, 0.3) is 10.9 Å². The fourth-order valence-corrected chi connectivity index (χ4v) is 4.48. The van der Waals surface area contributed by atoms with Crippen molar-refractivity contribution in [3.63, 3.8) is 0 Å². The van der Waals surface area contributed by atoms with Crippen LogP contribution in [-0.4, -0.2) is 36.0 Å². The van der Waals surface area contributed by atoms with Crippen molar-refractivity contribution < 1.29 is 4.74 Å². The van der Waals surface area contributed by atoms with Gasteiger partial charge in [-0.3, -0.25) is 4.79 Å². The summed E-state index contributed by atoms with van der Waals surface area (Å²) in [4.78, 5) is 21.0. The summed E-state index contributed by atoms with van der Waals surface area (Å²) >= 11 is 0. The summed E-state index contributed by atoms with van der Waals surface area (Å²) in [5.41, 5.74) is 11.4. The fourth-order valence-electron chi connectivity index (χ4n) is 4.48. The first-order chi connectivity index (χ1) is 14.5. The first-order valence-electron chi connectivity index (χ1n) is 10.5. The van der Waals surface area contributed by atoms with E-state index in [9.17, 15) is 4.79 Å². The maximum Gasteiger partial charge on any atom is 0.281 e. The first-order valence-corrected chi connectivity index (χ1v) is 10.5. The first kappa shape index (κ1) is 19.1. The molecule has 2 aliphatic rings. The topological polar surface area (TPSA) is 76.6 Å². The van der Waals surface area contributed by atoms with Gasteiger partial charge in [-0.05, 0) is 42.2 Å². The molecule has 5 rings (SSSR count). The van der Waals surface area contributed by atoms with Gasteiger partial charge in [-0.1, -0.05) is 30.3 Å². The number of aromatic nitrogens is 2. The summed E-state index contributed by atoms with van der Waals surface area (Å²) < 4.78 is 7.29. The normalized spacial score (nSPS) is 17.4. The number of benzene rings is 2. The molecule has 1 fully saturated rings. The number of nitrogens with two attached hydrogens (primary N) is 1. The number of anilines is 1. The van der Waals surface area contributed by atoms with E-state index in [1.807, 2.05) is 26.0 Å². The molecular formula is C23H27N5O2. The number of hydrogen-bond donors (Lipinski definition) is 1. The van der Waals surface area contributed by atoms with Crippen LogP contribution in [0.4, 0.5) is 5.95 Å². The van der Waals surface area contributed by atoms with Gasteiger partial charge in [-0.25, -0.2) is 4.98 Å². The van der Waals surface area contributed by atoms with Crippen molar-refractivity contribution >= 4 is 16.9 Å². The second kappa shape index (κ2) is 7.41. The number of morpholine rings is 1. The van der Waals surface area contributed by atoms with E-state index in [2.05, 4.69) is 34.2 Å². The molecule has 2 aromatic carbocycles. The average molecular weight is 406 g/mol. The number of hydrogen-bond acceptors (Lipinski definition) is 6. The smallest absolute Gasteiger partial charge is 0.281 e. The van der Waals surface area contributed by atoms with Crippen molar-refractivity contribution in [3.8, 4) is 0 Å². The Bertz CT molecular complexity index is 1140. The van der Waals surface area contributed by atoms with Crippen LogP contribution in [0.15, 0.2) is 41.2 Å². The van der Waals surface area contributed by atoms with Crippen LogP contribution < -0.4 is 21.2 Å². The van der Waals surface area contributed by atoms with Crippen LogP contribution in [0.2, 0.25) is 0 Å². The Morgan fingerprint density at radius 3 is 2.40 bits per heavy atom. The Hall–Kier alpha value is -2.90. The molecule has 0 saturated carbocycles. The van der Waals surface area contributed by atoms with Crippen LogP contribution in [0.5, 0.6) is 0 Å². The molecule has 30 heavy (non-hydrogen) atoms. The van der Waals surface area contributed by atoms with E-state index in [1.165, 1.54) is 11.1 Å². The van der Waals surface area contributed by atoms with Gasteiger partial charge in [0.2, 0.25) is 5.95 Å². The molecule has 1 aromatic heterocycles. The lowest BCUT2D eigenvalue weighted by Crippen LogP contribution is -2.50. The zero-order valence-corrected chi connectivity index (χ0v) is 17.5. The summed E-state index contributed by atoms with van der Waals surface area (Å²) in [6.45, 7) is 7.92. The number of aryl methyl sites for hydroxylation is 1. The van der Waals surface area contributed by atoms with E-state index in [0.717, 1.165) is 24.2 Å². The predicted molar refractivity (Wildman–Crippen MR) is 118 cm³/mol. The lowest BCUT2D eigenvalue weighted by molar-refractivity contribution is 0.111. The Morgan fingerprint density at radius 2 is 1.77 bits per heavy atom. The van der Waals surface area contributed by atoms with Crippen molar-refractivity contribution in [1.29, 1.82) is 0 Å². The van der Waals surface area contributed by atoms with Crippen molar-refractivity contribution in [3.05, 3.63) is 69.0 Å². The molecule has 0 aliphatic carbocycles. The molecule has 0 radical (unpaired) electrons. The number of nitrogens with zero attached hydrogens (tertiary/aromatic N) is 4. The van der Waals surface area contributed by atoms with E-state index >= 15 is 0 Å². The van der Waals surface area contributed by atoms with Gasteiger partial charge in [0.25, 0.3) is 5.56 Å². The van der Waals surface area contributed by atoms with Crippen LogP contribution in [0.3, 0.4) is 0 Å². The molecule has 2 aliphatic heterocycles. The van der Waals surface area contributed by atoms with Crippen LogP contribution in [0, 0.1) is 6.92 Å². The Morgan fingerprint density at radius 1 is 1.10 bits per heavy atom. The Labute approximate surface area is 175 Å². The number of ether oxygens (including phenoxy) is 1. The minimum atomic E-state index is -0.206. The SMILES string of the molecule is Cc1cc([C@@H](C)N)c2nc(N3Cc4ccccc4C3)n(N3CCOCC3)c(=O)c2c1. The highest BCUT2D eigenvalue weighted by atomic mass is 16.5. The molecule has 7 nitrogen and oxygen atoms in total. The third kappa shape index (κ3) is 3.14. The third-order valence-electron chi connectivity index (χ3n) is 5.99. The van der Waals surface area contributed by atoms with Crippen molar-refractivity contribution in [2.24, 2.45) is 5.73 Å².